The number of rotatable bonds is 4. The van der Waals surface area contributed by atoms with Gasteiger partial charge in [-0.25, -0.2) is 4.79 Å². The van der Waals surface area contributed by atoms with Crippen molar-refractivity contribution in [1.29, 1.82) is 0 Å². The molecule has 0 bridgehead atoms. The van der Waals surface area contributed by atoms with Crippen LogP contribution in [0.3, 0.4) is 0 Å². The average molecular weight is 243 g/mol. The third-order valence-corrected chi connectivity index (χ3v) is 2.15. The molecule has 0 unspecified atom stereocenters. The van der Waals surface area contributed by atoms with E-state index >= 15 is 0 Å². The minimum Gasteiger partial charge on any atom is -0.458 e. The second-order valence-corrected chi connectivity index (χ2v) is 5.92. The van der Waals surface area contributed by atoms with E-state index in [9.17, 15) is 9.59 Å². The molecule has 0 fully saturated rings. The van der Waals surface area contributed by atoms with Crippen LogP contribution in [0, 0.1) is 11.8 Å². The van der Waals surface area contributed by atoms with Crippen molar-refractivity contribution in [1.82, 2.24) is 5.32 Å². The summed E-state index contributed by atoms with van der Waals surface area (Å²) in [6.45, 7) is 12.8. The molecular weight excluding hydrogens is 218 g/mol. The highest BCUT2D eigenvalue weighted by Crippen LogP contribution is 2.12. The van der Waals surface area contributed by atoms with Gasteiger partial charge in [-0.3, -0.25) is 4.79 Å². The van der Waals surface area contributed by atoms with Gasteiger partial charge in [0, 0.05) is 5.92 Å². The number of nitrogens with one attached hydrogen (secondary N) is 1. The van der Waals surface area contributed by atoms with E-state index in [1.54, 1.807) is 13.8 Å². The van der Waals surface area contributed by atoms with E-state index in [4.69, 9.17) is 4.74 Å². The first-order valence-electron chi connectivity index (χ1n) is 6.08. The molecule has 0 saturated carbocycles. The van der Waals surface area contributed by atoms with Gasteiger partial charge in [-0.2, -0.15) is 0 Å². The monoisotopic (exact) mass is 243 g/mol. The highest BCUT2D eigenvalue weighted by Gasteiger charge is 2.29. The molecule has 0 aliphatic heterocycles. The number of carbonyl (C=O) groups is 2. The number of ether oxygens (including phenoxy) is 1. The minimum atomic E-state index is -0.580. The Morgan fingerprint density at radius 1 is 1.06 bits per heavy atom. The Bertz CT molecular complexity index is 277. The second kappa shape index (κ2) is 6.03. The van der Waals surface area contributed by atoms with Gasteiger partial charge in [-0.05, 0) is 26.7 Å². The number of hydrogen-bond donors (Lipinski definition) is 1. The van der Waals surface area contributed by atoms with Crippen molar-refractivity contribution in [2.45, 2.75) is 60.1 Å². The zero-order chi connectivity index (χ0) is 13.8. The molecule has 0 spiro atoms. The van der Waals surface area contributed by atoms with Crippen molar-refractivity contribution < 1.29 is 14.3 Å². The summed E-state index contributed by atoms with van der Waals surface area (Å²) in [7, 11) is 0. The van der Waals surface area contributed by atoms with Gasteiger partial charge in [-0.1, -0.05) is 27.7 Å². The molecule has 0 aromatic carbocycles. The first kappa shape index (κ1) is 15.9. The van der Waals surface area contributed by atoms with Crippen LogP contribution in [0.5, 0.6) is 0 Å². The molecule has 0 aromatic rings. The Morgan fingerprint density at radius 2 is 1.53 bits per heavy atom. The quantitative estimate of drug-likeness (QED) is 0.769. The van der Waals surface area contributed by atoms with Crippen LogP contribution in [0.25, 0.3) is 0 Å². The van der Waals surface area contributed by atoms with Crippen LogP contribution >= 0.6 is 0 Å². The highest BCUT2D eigenvalue weighted by atomic mass is 16.6. The molecule has 100 valence electrons. The summed E-state index contributed by atoms with van der Waals surface area (Å²) in [5.74, 6) is -0.637. The number of amides is 1. The zero-order valence-electron chi connectivity index (χ0n) is 12.0. The van der Waals surface area contributed by atoms with Gasteiger partial charge in [0.15, 0.2) is 0 Å². The summed E-state index contributed by atoms with van der Waals surface area (Å²) < 4.78 is 5.29. The van der Waals surface area contributed by atoms with Crippen LogP contribution in [-0.2, 0) is 14.3 Å². The van der Waals surface area contributed by atoms with Crippen LogP contribution in [0.2, 0.25) is 0 Å². The summed E-state index contributed by atoms with van der Waals surface area (Å²) in [6.07, 6.45) is 0. The molecular formula is C13H25NO3. The Morgan fingerprint density at radius 3 is 1.82 bits per heavy atom. The maximum absolute atomic E-state index is 11.9. The van der Waals surface area contributed by atoms with Gasteiger partial charge in [-0.15, -0.1) is 0 Å². The molecule has 0 rings (SSSR count). The van der Waals surface area contributed by atoms with Crippen molar-refractivity contribution in [3.8, 4) is 0 Å². The summed E-state index contributed by atoms with van der Waals surface area (Å²) >= 11 is 0. The Kier molecular flexibility index (Phi) is 5.66. The predicted octanol–water partition coefficient (Wildman–Crippen LogP) is 2.12. The van der Waals surface area contributed by atoms with E-state index < -0.39 is 11.6 Å². The van der Waals surface area contributed by atoms with Crippen molar-refractivity contribution in [2.75, 3.05) is 0 Å². The highest BCUT2D eigenvalue weighted by molar-refractivity contribution is 5.85. The van der Waals surface area contributed by atoms with Crippen molar-refractivity contribution in [2.24, 2.45) is 11.8 Å². The molecule has 1 atom stereocenters. The maximum atomic E-state index is 11.9. The van der Waals surface area contributed by atoms with Crippen molar-refractivity contribution in [3.05, 3.63) is 0 Å². The maximum Gasteiger partial charge on any atom is 0.329 e. The largest absolute Gasteiger partial charge is 0.458 e. The Balaban J connectivity index is 4.64. The third kappa shape index (κ3) is 6.29. The third-order valence-electron chi connectivity index (χ3n) is 2.15. The van der Waals surface area contributed by atoms with E-state index in [-0.39, 0.29) is 23.7 Å². The number of esters is 1. The summed E-state index contributed by atoms with van der Waals surface area (Å²) in [5, 5.41) is 2.72. The second-order valence-electron chi connectivity index (χ2n) is 5.92. The van der Waals surface area contributed by atoms with E-state index in [0.29, 0.717) is 0 Å². The lowest BCUT2D eigenvalue weighted by Crippen LogP contribution is -2.48. The molecule has 0 aliphatic rings. The normalized spacial score (nSPS) is 13.7. The lowest BCUT2D eigenvalue weighted by molar-refractivity contribution is -0.160. The van der Waals surface area contributed by atoms with E-state index in [1.807, 2.05) is 34.6 Å². The Hall–Kier alpha value is -1.06. The molecule has 1 N–H and O–H groups in total. The van der Waals surface area contributed by atoms with Crippen LogP contribution in [0.4, 0.5) is 0 Å². The van der Waals surface area contributed by atoms with E-state index in [1.165, 1.54) is 0 Å². The first-order valence-corrected chi connectivity index (χ1v) is 6.08. The van der Waals surface area contributed by atoms with Crippen LogP contribution < -0.4 is 5.32 Å². The summed E-state index contributed by atoms with van der Waals surface area (Å²) in [4.78, 5) is 23.5. The molecule has 17 heavy (non-hydrogen) atoms. The van der Waals surface area contributed by atoms with Crippen LogP contribution in [0.1, 0.15) is 48.5 Å². The smallest absolute Gasteiger partial charge is 0.329 e. The number of hydrogen-bond acceptors (Lipinski definition) is 3. The molecule has 0 radical (unpaired) electrons. The molecule has 0 aliphatic carbocycles. The average Bonchev–Trinajstić information content (AvgIpc) is 2.09. The van der Waals surface area contributed by atoms with Gasteiger partial charge in [0.05, 0.1) is 0 Å². The molecule has 4 heteroatoms. The fourth-order valence-electron chi connectivity index (χ4n) is 1.18. The standard InChI is InChI=1S/C13H25NO3/c1-8(2)10(14-11(15)9(3)4)12(16)17-13(5,6)7/h8-10H,1-7H3,(H,14,15)/t10-/m0/s1. The van der Waals surface area contributed by atoms with Gasteiger partial charge >= 0.3 is 5.97 Å². The molecule has 0 saturated heterocycles. The van der Waals surface area contributed by atoms with E-state index in [2.05, 4.69) is 5.32 Å². The van der Waals surface area contributed by atoms with Gasteiger partial charge in [0.1, 0.15) is 11.6 Å². The summed E-state index contributed by atoms with van der Waals surface area (Å²) in [6, 6.07) is -0.580. The SMILES string of the molecule is CC(C)C(=O)N[C@H](C(=O)OC(C)(C)C)C(C)C. The lowest BCUT2D eigenvalue weighted by atomic mass is 10.0. The lowest BCUT2D eigenvalue weighted by Gasteiger charge is -2.27. The Labute approximate surface area is 104 Å². The topological polar surface area (TPSA) is 55.4 Å². The van der Waals surface area contributed by atoms with E-state index in [0.717, 1.165) is 0 Å². The first-order chi connectivity index (χ1) is 7.54. The van der Waals surface area contributed by atoms with Gasteiger partial charge in [0.25, 0.3) is 0 Å². The molecule has 4 nitrogen and oxygen atoms in total. The molecule has 0 heterocycles. The van der Waals surface area contributed by atoms with Gasteiger partial charge in [0.2, 0.25) is 5.91 Å². The fraction of sp³-hybridized carbons (Fsp3) is 0.846. The van der Waals surface area contributed by atoms with Crippen LogP contribution in [-0.4, -0.2) is 23.5 Å². The fourth-order valence-corrected chi connectivity index (χ4v) is 1.18. The zero-order valence-corrected chi connectivity index (χ0v) is 12.0. The van der Waals surface area contributed by atoms with Crippen LogP contribution in [0.15, 0.2) is 0 Å². The predicted molar refractivity (Wildman–Crippen MR) is 67.5 cm³/mol. The van der Waals surface area contributed by atoms with Crippen molar-refractivity contribution in [3.63, 3.8) is 0 Å². The van der Waals surface area contributed by atoms with Gasteiger partial charge < -0.3 is 10.1 Å². The molecule has 1 amide bonds. The van der Waals surface area contributed by atoms with Crippen molar-refractivity contribution >= 4 is 11.9 Å². The molecule has 0 aromatic heterocycles. The summed E-state index contributed by atoms with van der Waals surface area (Å²) in [5.41, 5.74) is -0.535. The number of carbonyl (C=O) groups excluding carboxylic acids is 2. The minimum absolute atomic E-state index is 0.00699.